The first-order valence-corrected chi connectivity index (χ1v) is 7.62. The van der Waals surface area contributed by atoms with Crippen LogP contribution in [0.15, 0.2) is 0 Å². The van der Waals surface area contributed by atoms with Crippen molar-refractivity contribution in [1.29, 1.82) is 0 Å². The molecule has 2 fully saturated rings. The number of carboxylic acid groups (broad SMARTS) is 1. The molecule has 0 aromatic heterocycles. The van der Waals surface area contributed by atoms with E-state index in [1.807, 2.05) is 0 Å². The average molecular weight is 297 g/mol. The molecule has 2 aliphatic rings. The van der Waals surface area contributed by atoms with Gasteiger partial charge in [0.2, 0.25) is 5.91 Å². The summed E-state index contributed by atoms with van der Waals surface area (Å²) in [5.74, 6) is -0.956. The summed E-state index contributed by atoms with van der Waals surface area (Å²) in [6.45, 7) is 1.92. The molecule has 0 aromatic carbocycles. The largest absolute Gasteiger partial charge is 0.481 e. The summed E-state index contributed by atoms with van der Waals surface area (Å²) in [5.41, 5.74) is 0. The Morgan fingerprint density at radius 3 is 2.81 bits per heavy atom. The molecule has 21 heavy (non-hydrogen) atoms. The lowest BCUT2D eigenvalue weighted by atomic mass is 9.98. The predicted molar refractivity (Wildman–Crippen MR) is 75.8 cm³/mol. The summed E-state index contributed by atoms with van der Waals surface area (Å²) in [5, 5.41) is 11.6. The van der Waals surface area contributed by atoms with Gasteiger partial charge in [-0.05, 0) is 32.1 Å². The fourth-order valence-corrected chi connectivity index (χ4v) is 2.99. The Bertz CT molecular complexity index is 413. The van der Waals surface area contributed by atoms with Crippen LogP contribution in [0.1, 0.15) is 38.5 Å². The van der Waals surface area contributed by atoms with E-state index in [2.05, 4.69) is 5.32 Å². The molecular weight excluding hydrogens is 274 g/mol. The highest BCUT2D eigenvalue weighted by Crippen LogP contribution is 2.22. The first kappa shape index (κ1) is 15.6. The second kappa shape index (κ2) is 7.28. The van der Waals surface area contributed by atoms with E-state index in [1.54, 1.807) is 9.80 Å². The third kappa shape index (κ3) is 4.34. The van der Waals surface area contributed by atoms with E-state index in [-0.39, 0.29) is 30.9 Å². The van der Waals surface area contributed by atoms with E-state index in [9.17, 15) is 14.4 Å². The Labute approximate surface area is 124 Å². The van der Waals surface area contributed by atoms with Gasteiger partial charge in [-0.2, -0.15) is 0 Å². The molecule has 7 heteroatoms. The highest BCUT2D eigenvalue weighted by molar-refractivity contribution is 5.84. The number of nitrogens with one attached hydrogen (secondary N) is 1. The van der Waals surface area contributed by atoms with Gasteiger partial charge in [0, 0.05) is 32.1 Å². The number of carbonyl (C=O) groups is 3. The number of nitrogens with zero attached hydrogens (tertiary/aromatic N) is 2. The van der Waals surface area contributed by atoms with E-state index < -0.39 is 5.97 Å². The van der Waals surface area contributed by atoms with Gasteiger partial charge in [0.1, 0.15) is 6.54 Å². The van der Waals surface area contributed by atoms with Gasteiger partial charge in [0.05, 0.1) is 0 Å². The summed E-state index contributed by atoms with van der Waals surface area (Å²) in [6, 6.07) is -0.143. The van der Waals surface area contributed by atoms with Crippen LogP contribution in [0.25, 0.3) is 0 Å². The van der Waals surface area contributed by atoms with Crippen molar-refractivity contribution in [2.24, 2.45) is 0 Å². The Balaban J connectivity index is 1.99. The highest BCUT2D eigenvalue weighted by Gasteiger charge is 2.31. The number of hydrogen-bond acceptors (Lipinski definition) is 3. The summed E-state index contributed by atoms with van der Waals surface area (Å²) >= 11 is 0. The van der Waals surface area contributed by atoms with E-state index in [1.165, 1.54) is 0 Å². The van der Waals surface area contributed by atoms with Gasteiger partial charge >= 0.3 is 12.0 Å². The van der Waals surface area contributed by atoms with Gasteiger partial charge in [-0.3, -0.25) is 9.59 Å². The van der Waals surface area contributed by atoms with Gasteiger partial charge in [-0.15, -0.1) is 0 Å². The lowest BCUT2D eigenvalue weighted by molar-refractivity contribution is -0.137. The second-order valence-corrected chi connectivity index (χ2v) is 5.68. The second-order valence-electron chi connectivity index (χ2n) is 5.68. The maximum Gasteiger partial charge on any atom is 0.320 e. The van der Waals surface area contributed by atoms with Crippen LogP contribution >= 0.6 is 0 Å². The van der Waals surface area contributed by atoms with Gasteiger partial charge in [0.25, 0.3) is 0 Å². The van der Waals surface area contributed by atoms with Crippen molar-refractivity contribution in [3.8, 4) is 0 Å². The lowest BCUT2D eigenvalue weighted by Gasteiger charge is -2.38. The van der Waals surface area contributed by atoms with Crippen molar-refractivity contribution in [1.82, 2.24) is 15.1 Å². The third-order valence-electron chi connectivity index (χ3n) is 4.10. The minimum atomic E-state index is -0.831. The van der Waals surface area contributed by atoms with Crippen LogP contribution in [0, 0.1) is 0 Å². The fourth-order valence-electron chi connectivity index (χ4n) is 2.99. The molecule has 2 heterocycles. The third-order valence-corrected chi connectivity index (χ3v) is 4.10. The molecule has 2 aliphatic heterocycles. The first-order valence-electron chi connectivity index (χ1n) is 7.62. The highest BCUT2D eigenvalue weighted by atomic mass is 16.4. The van der Waals surface area contributed by atoms with Gasteiger partial charge in [0.15, 0.2) is 0 Å². The number of rotatable bonds is 3. The van der Waals surface area contributed by atoms with Crippen LogP contribution in [0.2, 0.25) is 0 Å². The van der Waals surface area contributed by atoms with Crippen molar-refractivity contribution < 1.29 is 19.5 Å². The molecule has 0 aliphatic carbocycles. The number of piperidine rings is 1. The van der Waals surface area contributed by atoms with E-state index in [4.69, 9.17) is 5.11 Å². The van der Waals surface area contributed by atoms with Crippen LogP contribution in [-0.4, -0.2) is 65.0 Å². The van der Waals surface area contributed by atoms with E-state index >= 15 is 0 Å². The number of carbonyl (C=O) groups excluding carboxylic acids is 2. The fraction of sp³-hybridized carbons (Fsp3) is 0.786. The van der Waals surface area contributed by atoms with Crippen molar-refractivity contribution in [2.75, 3.05) is 26.2 Å². The quantitative estimate of drug-likeness (QED) is 0.800. The van der Waals surface area contributed by atoms with Gasteiger partial charge in [-0.25, -0.2) is 4.79 Å². The number of aliphatic carboxylic acids is 1. The van der Waals surface area contributed by atoms with Gasteiger partial charge < -0.3 is 20.2 Å². The molecular formula is C14H23N3O4. The monoisotopic (exact) mass is 297 g/mol. The maximum atomic E-state index is 12.6. The summed E-state index contributed by atoms with van der Waals surface area (Å²) in [7, 11) is 0. The molecule has 7 nitrogen and oxygen atoms in total. The number of hydrogen-bond donors (Lipinski definition) is 2. The molecule has 1 atom stereocenters. The Kier molecular flexibility index (Phi) is 5.41. The normalized spacial score (nSPS) is 23.4. The Morgan fingerprint density at radius 2 is 2.05 bits per heavy atom. The number of urea groups is 1. The zero-order valence-corrected chi connectivity index (χ0v) is 12.2. The smallest absolute Gasteiger partial charge is 0.320 e. The SMILES string of the molecule is O=C(O)CCC1CCCCN1C(=O)N1CCCNC(=O)C1. The number of carboxylic acids is 1. The van der Waals surface area contributed by atoms with Crippen molar-refractivity contribution in [3.05, 3.63) is 0 Å². The molecule has 2 N–H and O–H groups in total. The van der Waals surface area contributed by atoms with Crippen LogP contribution in [-0.2, 0) is 9.59 Å². The average Bonchev–Trinajstić information content (AvgIpc) is 2.69. The molecule has 0 aromatic rings. The van der Waals surface area contributed by atoms with Crippen LogP contribution in [0.5, 0.6) is 0 Å². The first-order chi connectivity index (χ1) is 10.1. The van der Waals surface area contributed by atoms with Crippen molar-refractivity contribution in [3.63, 3.8) is 0 Å². The molecule has 118 valence electrons. The van der Waals surface area contributed by atoms with Crippen LogP contribution < -0.4 is 5.32 Å². The molecule has 2 rings (SSSR count). The molecule has 0 spiro atoms. The molecule has 3 amide bonds. The lowest BCUT2D eigenvalue weighted by Crippen LogP contribution is -2.51. The zero-order valence-electron chi connectivity index (χ0n) is 12.2. The summed E-state index contributed by atoms with van der Waals surface area (Å²) < 4.78 is 0. The standard InChI is InChI=1S/C14H23N3O4/c18-12-10-16(8-3-7-15-12)14(21)17-9-2-1-4-11(17)5-6-13(19)20/h11H,1-10H2,(H,15,18)(H,19,20). The Hall–Kier alpha value is -1.79. The Morgan fingerprint density at radius 1 is 1.24 bits per heavy atom. The van der Waals surface area contributed by atoms with Crippen LogP contribution in [0.4, 0.5) is 4.79 Å². The summed E-state index contributed by atoms with van der Waals surface area (Å²) in [6.07, 6.45) is 4.13. The molecule has 0 radical (unpaired) electrons. The van der Waals surface area contributed by atoms with Crippen LogP contribution in [0.3, 0.4) is 0 Å². The zero-order chi connectivity index (χ0) is 15.2. The van der Waals surface area contributed by atoms with Crippen molar-refractivity contribution >= 4 is 17.9 Å². The number of likely N-dealkylation sites (tertiary alicyclic amines) is 1. The maximum absolute atomic E-state index is 12.6. The molecule has 0 bridgehead atoms. The van der Waals surface area contributed by atoms with E-state index in [0.29, 0.717) is 26.1 Å². The minimum Gasteiger partial charge on any atom is -0.481 e. The summed E-state index contributed by atoms with van der Waals surface area (Å²) in [4.78, 5) is 38.3. The van der Waals surface area contributed by atoms with Gasteiger partial charge in [-0.1, -0.05) is 0 Å². The molecule has 0 saturated carbocycles. The molecule has 1 unspecified atom stereocenters. The topological polar surface area (TPSA) is 89.9 Å². The predicted octanol–water partition coefficient (Wildman–Crippen LogP) is 0.648. The van der Waals surface area contributed by atoms with E-state index in [0.717, 1.165) is 25.7 Å². The number of amides is 3. The molecule has 2 saturated heterocycles. The van der Waals surface area contributed by atoms with Crippen molar-refractivity contribution in [2.45, 2.75) is 44.6 Å². The minimum absolute atomic E-state index is 0.0198.